The number of piperidine rings is 1. The largest absolute Gasteiger partial charge is 0.326 e. The van der Waals surface area contributed by atoms with Crippen molar-refractivity contribution in [1.82, 2.24) is 4.90 Å². The number of hydrogen-bond acceptors (Lipinski definition) is 2. The van der Waals surface area contributed by atoms with Crippen LogP contribution in [-0.4, -0.2) is 30.4 Å². The number of hydrogen-bond donors (Lipinski definition) is 1. The summed E-state index contributed by atoms with van der Waals surface area (Å²) in [5, 5.41) is 2.92. The highest BCUT2D eigenvalue weighted by Gasteiger charge is 2.20. The molecule has 3 nitrogen and oxygen atoms in total. The Kier molecular flexibility index (Phi) is 7.61. The second-order valence-corrected chi connectivity index (χ2v) is 7.94. The van der Waals surface area contributed by atoms with Crippen molar-refractivity contribution in [3.63, 3.8) is 0 Å². The molecule has 1 aliphatic heterocycles. The van der Waals surface area contributed by atoms with E-state index in [1.54, 1.807) is 6.07 Å². The van der Waals surface area contributed by atoms with Crippen LogP contribution >= 0.6 is 0 Å². The van der Waals surface area contributed by atoms with Gasteiger partial charge in [0.05, 0.1) is 0 Å². The number of aryl methyl sites for hydroxylation is 2. The number of likely N-dealkylation sites (tertiary alicyclic amines) is 1. The molecule has 28 heavy (non-hydrogen) atoms. The average molecular weight is 383 g/mol. The summed E-state index contributed by atoms with van der Waals surface area (Å²) in [5.41, 5.74) is 2.87. The van der Waals surface area contributed by atoms with E-state index in [-0.39, 0.29) is 11.7 Å². The zero-order chi connectivity index (χ0) is 19.8. The van der Waals surface area contributed by atoms with Crippen LogP contribution in [0.25, 0.3) is 0 Å². The van der Waals surface area contributed by atoms with E-state index in [1.165, 1.54) is 43.5 Å². The van der Waals surface area contributed by atoms with Crippen molar-refractivity contribution in [2.75, 3.05) is 25.0 Å². The molecule has 150 valence electrons. The molecule has 4 heteroatoms. The predicted molar refractivity (Wildman–Crippen MR) is 113 cm³/mol. The first-order valence-electron chi connectivity index (χ1n) is 10.4. The Morgan fingerprint density at radius 1 is 1.21 bits per heavy atom. The van der Waals surface area contributed by atoms with Gasteiger partial charge in [-0.2, -0.15) is 0 Å². The van der Waals surface area contributed by atoms with Gasteiger partial charge in [0, 0.05) is 18.7 Å². The molecule has 2 aromatic carbocycles. The van der Waals surface area contributed by atoms with E-state index in [1.807, 2.05) is 6.92 Å². The number of rotatable bonds is 8. The minimum atomic E-state index is -0.273. The first-order valence-corrected chi connectivity index (χ1v) is 10.4. The molecule has 1 N–H and O–H groups in total. The highest BCUT2D eigenvalue weighted by Crippen LogP contribution is 2.22. The lowest BCUT2D eigenvalue weighted by atomic mass is 9.93. The third kappa shape index (κ3) is 6.45. The summed E-state index contributed by atoms with van der Waals surface area (Å²) in [6.07, 6.45) is 6.18. The van der Waals surface area contributed by atoms with Gasteiger partial charge in [0.25, 0.3) is 0 Å². The molecule has 1 amide bonds. The summed E-state index contributed by atoms with van der Waals surface area (Å²) >= 11 is 0. The van der Waals surface area contributed by atoms with Crippen molar-refractivity contribution < 1.29 is 9.18 Å². The van der Waals surface area contributed by atoms with Crippen molar-refractivity contribution in [1.29, 1.82) is 0 Å². The second kappa shape index (κ2) is 10.4. The molecule has 1 saturated heterocycles. The lowest BCUT2D eigenvalue weighted by Gasteiger charge is -2.32. The molecule has 0 spiro atoms. The topological polar surface area (TPSA) is 32.3 Å². The van der Waals surface area contributed by atoms with Crippen molar-refractivity contribution in [3.8, 4) is 0 Å². The summed E-state index contributed by atoms with van der Waals surface area (Å²) < 4.78 is 13.2. The van der Waals surface area contributed by atoms with Gasteiger partial charge < -0.3 is 10.2 Å². The van der Waals surface area contributed by atoms with Crippen molar-refractivity contribution >= 4 is 11.6 Å². The molecule has 0 unspecified atom stereocenters. The van der Waals surface area contributed by atoms with Crippen LogP contribution in [-0.2, 0) is 11.2 Å². The zero-order valence-corrected chi connectivity index (χ0v) is 16.8. The van der Waals surface area contributed by atoms with Crippen LogP contribution in [0.2, 0.25) is 0 Å². The summed E-state index contributed by atoms with van der Waals surface area (Å²) in [5.74, 6) is 0.339. The van der Waals surface area contributed by atoms with Crippen LogP contribution in [0.15, 0.2) is 48.5 Å². The molecule has 1 heterocycles. The number of amides is 1. The van der Waals surface area contributed by atoms with E-state index >= 15 is 0 Å². The standard InChI is InChI=1S/C24H31FN2O/c1-19-17-22(25)12-13-23(19)26-24(28)14-11-21-10-6-16-27(18-21)15-5-9-20-7-3-2-4-8-20/h2-4,7-8,12-13,17,21H,5-6,9-11,14-16,18H2,1H3,(H,26,28)/t21-/m0/s1. The Morgan fingerprint density at radius 2 is 2.04 bits per heavy atom. The number of nitrogens with zero attached hydrogens (tertiary/aromatic N) is 1. The molecule has 1 atom stereocenters. The molecule has 1 aliphatic rings. The molecule has 0 radical (unpaired) electrons. The molecule has 0 aromatic heterocycles. The third-order valence-electron chi connectivity index (χ3n) is 5.63. The van der Waals surface area contributed by atoms with Crippen LogP contribution in [0, 0.1) is 18.7 Å². The van der Waals surface area contributed by atoms with E-state index in [2.05, 4.69) is 40.5 Å². The number of carbonyl (C=O) groups excluding carboxylic acids is 1. The van der Waals surface area contributed by atoms with Crippen LogP contribution in [0.3, 0.4) is 0 Å². The van der Waals surface area contributed by atoms with Gasteiger partial charge in [0.2, 0.25) is 5.91 Å². The lowest BCUT2D eigenvalue weighted by Crippen LogP contribution is -2.36. The Bertz CT molecular complexity index is 762. The minimum Gasteiger partial charge on any atom is -0.326 e. The summed E-state index contributed by atoms with van der Waals surface area (Å²) in [4.78, 5) is 14.8. The monoisotopic (exact) mass is 382 g/mol. The lowest BCUT2D eigenvalue weighted by molar-refractivity contribution is -0.116. The molecule has 0 saturated carbocycles. The highest BCUT2D eigenvalue weighted by molar-refractivity contribution is 5.91. The highest BCUT2D eigenvalue weighted by atomic mass is 19.1. The number of carbonyl (C=O) groups is 1. The number of nitrogens with one attached hydrogen (secondary N) is 1. The molecule has 2 aromatic rings. The summed E-state index contributed by atoms with van der Waals surface area (Å²) in [6.45, 7) is 5.21. The van der Waals surface area contributed by atoms with Crippen molar-refractivity contribution in [2.24, 2.45) is 5.92 Å². The molecular formula is C24H31FN2O. The number of halogens is 1. The number of anilines is 1. The summed E-state index contributed by atoms with van der Waals surface area (Å²) in [6, 6.07) is 15.1. The van der Waals surface area contributed by atoms with Gasteiger partial charge in [-0.1, -0.05) is 30.3 Å². The van der Waals surface area contributed by atoms with Gasteiger partial charge >= 0.3 is 0 Å². The Morgan fingerprint density at radius 3 is 2.82 bits per heavy atom. The second-order valence-electron chi connectivity index (χ2n) is 7.94. The van der Waals surface area contributed by atoms with Crippen LogP contribution in [0.4, 0.5) is 10.1 Å². The van der Waals surface area contributed by atoms with Gasteiger partial charge in [0.15, 0.2) is 0 Å². The fraction of sp³-hybridized carbons (Fsp3) is 0.458. The summed E-state index contributed by atoms with van der Waals surface area (Å²) in [7, 11) is 0. The van der Waals surface area contributed by atoms with Crippen LogP contribution in [0.5, 0.6) is 0 Å². The maximum atomic E-state index is 13.2. The molecule has 3 rings (SSSR count). The Balaban J connectivity index is 1.37. The maximum absolute atomic E-state index is 13.2. The normalized spacial score (nSPS) is 17.4. The van der Waals surface area contributed by atoms with E-state index < -0.39 is 0 Å². The van der Waals surface area contributed by atoms with E-state index in [4.69, 9.17) is 0 Å². The minimum absolute atomic E-state index is 0.0240. The van der Waals surface area contributed by atoms with Gasteiger partial charge in [-0.05, 0) is 87.4 Å². The fourth-order valence-corrected chi connectivity index (χ4v) is 4.06. The van der Waals surface area contributed by atoms with Crippen molar-refractivity contribution in [2.45, 2.75) is 45.4 Å². The SMILES string of the molecule is Cc1cc(F)ccc1NC(=O)CC[C@@H]1CCCN(CCCc2ccccc2)C1. The van der Waals surface area contributed by atoms with Crippen molar-refractivity contribution in [3.05, 3.63) is 65.5 Å². The zero-order valence-electron chi connectivity index (χ0n) is 16.8. The predicted octanol–water partition coefficient (Wildman–Crippen LogP) is 5.20. The molecule has 1 fully saturated rings. The average Bonchev–Trinajstić information content (AvgIpc) is 2.70. The third-order valence-corrected chi connectivity index (χ3v) is 5.63. The van der Waals surface area contributed by atoms with E-state index in [0.29, 0.717) is 18.0 Å². The first kappa shape index (κ1) is 20.5. The molecule has 0 bridgehead atoms. The van der Waals surface area contributed by atoms with Gasteiger partial charge in [-0.3, -0.25) is 4.79 Å². The Labute approximate surface area is 167 Å². The quantitative estimate of drug-likeness (QED) is 0.681. The molecule has 0 aliphatic carbocycles. The smallest absolute Gasteiger partial charge is 0.224 e. The number of benzene rings is 2. The van der Waals surface area contributed by atoms with Gasteiger partial charge in [-0.15, -0.1) is 0 Å². The van der Waals surface area contributed by atoms with E-state index in [0.717, 1.165) is 31.5 Å². The van der Waals surface area contributed by atoms with Gasteiger partial charge in [0.1, 0.15) is 5.82 Å². The maximum Gasteiger partial charge on any atom is 0.224 e. The fourth-order valence-electron chi connectivity index (χ4n) is 4.06. The van der Waals surface area contributed by atoms with E-state index in [9.17, 15) is 9.18 Å². The van der Waals surface area contributed by atoms with Crippen LogP contribution < -0.4 is 5.32 Å². The van der Waals surface area contributed by atoms with Crippen LogP contribution in [0.1, 0.15) is 43.2 Å². The Hall–Kier alpha value is -2.20. The first-order chi connectivity index (χ1) is 13.6. The van der Waals surface area contributed by atoms with Gasteiger partial charge in [-0.25, -0.2) is 4.39 Å². The molecular weight excluding hydrogens is 351 g/mol.